The summed E-state index contributed by atoms with van der Waals surface area (Å²) in [5.41, 5.74) is 2.09. The number of hydrogen-bond acceptors (Lipinski definition) is 4. The first-order valence-electron chi connectivity index (χ1n) is 9.82. The van der Waals surface area contributed by atoms with Gasteiger partial charge in [-0.25, -0.2) is 0 Å². The van der Waals surface area contributed by atoms with E-state index in [1.54, 1.807) is 0 Å². The minimum Gasteiger partial charge on any atom is -0.483 e. The normalized spacial score (nSPS) is 10.4. The van der Waals surface area contributed by atoms with Gasteiger partial charge in [-0.15, -0.1) is 0 Å². The first-order valence-corrected chi connectivity index (χ1v) is 9.82. The predicted molar refractivity (Wildman–Crippen MR) is 112 cm³/mol. The molecule has 0 atom stereocenters. The number of ether oxygens (including phenoxy) is 1. The summed E-state index contributed by atoms with van der Waals surface area (Å²) in [5.74, 6) is -0.167. The maximum absolute atomic E-state index is 12.5. The van der Waals surface area contributed by atoms with Gasteiger partial charge in [0.2, 0.25) is 17.2 Å². The molecule has 2 N–H and O–H groups in total. The Morgan fingerprint density at radius 2 is 1.72 bits per heavy atom. The van der Waals surface area contributed by atoms with Crippen LogP contribution < -0.4 is 20.8 Å². The molecule has 2 rings (SSSR count). The maximum atomic E-state index is 12.5. The van der Waals surface area contributed by atoms with E-state index >= 15 is 0 Å². The molecule has 156 valence electrons. The van der Waals surface area contributed by atoms with E-state index in [-0.39, 0.29) is 49.0 Å². The highest BCUT2D eigenvalue weighted by atomic mass is 16.5. The van der Waals surface area contributed by atoms with Crippen molar-refractivity contribution in [3.8, 4) is 5.75 Å². The summed E-state index contributed by atoms with van der Waals surface area (Å²) in [6.45, 7) is 4.81. The lowest BCUT2D eigenvalue weighted by atomic mass is 10.2. The molecule has 7 nitrogen and oxygen atoms in total. The number of rotatable bonds is 10. The van der Waals surface area contributed by atoms with Crippen LogP contribution in [0.4, 0.5) is 0 Å². The second-order valence-corrected chi connectivity index (χ2v) is 6.89. The van der Waals surface area contributed by atoms with Crippen LogP contribution in [-0.4, -0.2) is 22.9 Å². The topological polar surface area (TPSA) is 89.4 Å². The van der Waals surface area contributed by atoms with Crippen LogP contribution in [0.15, 0.2) is 41.2 Å². The van der Waals surface area contributed by atoms with E-state index in [1.165, 1.54) is 6.07 Å². The van der Waals surface area contributed by atoms with Crippen molar-refractivity contribution in [3.05, 3.63) is 63.6 Å². The van der Waals surface area contributed by atoms with Gasteiger partial charge in [-0.1, -0.05) is 37.3 Å². The molecule has 0 radical (unpaired) electrons. The summed E-state index contributed by atoms with van der Waals surface area (Å²) in [5, 5.41) is 5.53. The van der Waals surface area contributed by atoms with Gasteiger partial charge in [-0.05, 0) is 18.9 Å². The van der Waals surface area contributed by atoms with E-state index in [4.69, 9.17) is 4.74 Å². The third-order valence-corrected chi connectivity index (χ3v) is 4.59. The molecule has 0 saturated carbocycles. The first-order chi connectivity index (χ1) is 13.9. The van der Waals surface area contributed by atoms with Gasteiger partial charge >= 0.3 is 0 Å². The maximum Gasteiger partial charge on any atom is 0.224 e. The standard InChI is InChI=1S/C22H29N3O4/c1-4-12-23-20(27)10-11-21(28)24-14-18-22(19(26)13-16(2)25(18)3)29-15-17-8-6-5-7-9-17/h5-9,13H,4,10-12,14-15H2,1-3H3,(H,23,27)(H,24,28). The Morgan fingerprint density at radius 3 is 2.38 bits per heavy atom. The number of hydrogen-bond donors (Lipinski definition) is 2. The van der Waals surface area contributed by atoms with Crippen molar-refractivity contribution in [2.75, 3.05) is 6.54 Å². The highest BCUT2D eigenvalue weighted by molar-refractivity contribution is 5.83. The molecule has 0 bridgehead atoms. The van der Waals surface area contributed by atoms with Crippen molar-refractivity contribution in [2.45, 2.75) is 46.3 Å². The number of aryl methyl sites for hydroxylation is 1. The molecule has 7 heteroatoms. The molecular formula is C22H29N3O4. The largest absolute Gasteiger partial charge is 0.483 e. The van der Waals surface area contributed by atoms with Gasteiger partial charge in [0.15, 0.2) is 5.75 Å². The SMILES string of the molecule is CCCNC(=O)CCC(=O)NCc1c(OCc2ccccc2)c(=O)cc(C)n1C. The van der Waals surface area contributed by atoms with Crippen molar-refractivity contribution < 1.29 is 14.3 Å². The Hall–Kier alpha value is -3.09. The fourth-order valence-corrected chi connectivity index (χ4v) is 2.79. The fraction of sp³-hybridized carbons (Fsp3) is 0.409. The van der Waals surface area contributed by atoms with Crippen LogP contribution in [0.3, 0.4) is 0 Å². The average molecular weight is 399 g/mol. The van der Waals surface area contributed by atoms with E-state index in [2.05, 4.69) is 10.6 Å². The van der Waals surface area contributed by atoms with Gasteiger partial charge in [-0.3, -0.25) is 14.4 Å². The van der Waals surface area contributed by atoms with Crippen molar-refractivity contribution in [3.63, 3.8) is 0 Å². The summed E-state index contributed by atoms with van der Waals surface area (Å²) >= 11 is 0. The molecule has 0 fully saturated rings. The Kier molecular flexibility index (Phi) is 8.45. The molecule has 2 aromatic rings. The lowest BCUT2D eigenvalue weighted by Gasteiger charge is -2.17. The summed E-state index contributed by atoms with van der Waals surface area (Å²) < 4.78 is 7.65. The van der Waals surface area contributed by atoms with Crippen LogP contribution in [0, 0.1) is 6.92 Å². The van der Waals surface area contributed by atoms with Gasteiger partial charge in [0, 0.05) is 38.2 Å². The highest BCUT2D eigenvalue weighted by Crippen LogP contribution is 2.16. The Morgan fingerprint density at radius 1 is 1.07 bits per heavy atom. The Labute approximate surface area is 171 Å². The van der Waals surface area contributed by atoms with Crippen LogP contribution in [0.2, 0.25) is 0 Å². The van der Waals surface area contributed by atoms with Crippen LogP contribution in [0.25, 0.3) is 0 Å². The van der Waals surface area contributed by atoms with E-state index in [0.717, 1.165) is 17.7 Å². The highest BCUT2D eigenvalue weighted by Gasteiger charge is 2.15. The molecule has 0 spiro atoms. The predicted octanol–water partition coefficient (Wildman–Crippen LogP) is 2.20. The molecule has 1 aromatic heterocycles. The fourth-order valence-electron chi connectivity index (χ4n) is 2.79. The number of amides is 2. The van der Waals surface area contributed by atoms with Crippen LogP contribution in [0.5, 0.6) is 5.75 Å². The molecule has 2 amide bonds. The van der Waals surface area contributed by atoms with Gasteiger partial charge in [-0.2, -0.15) is 0 Å². The zero-order valence-corrected chi connectivity index (χ0v) is 17.3. The van der Waals surface area contributed by atoms with Crippen LogP contribution in [-0.2, 0) is 29.8 Å². The number of carbonyl (C=O) groups excluding carboxylic acids is 2. The van der Waals surface area contributed by atoms with Crippen molar-refractivity contribution >= 4 is 11.8 Å². The van der Waals surface area contributed by atoms with Gasteiger partial charge in [0.05, 0.1) is 12.2 Å². The van der Waals surface area contributed by atoms with Gasteiger partial charge in [0.1, 0.15) is 6.61 Å². The lowest BCUT2D eigenvalue weighted by molar-refractivity contribution is -0.126. The zero-order chi connectivity index (χ0) is 21.2. The minimum absolute atomic E-state index is 0.0928. The smallest absolute Gasteiger partial charge is 0.224 e. The number of benzene rings is 1. The molecule has 0 aliphatic rings. The number of pyridine rings is 1. The summed E-state index contributed by atoms with van der Waals surface area (Å²) in [6.07, 6.45) is 1.08. The van der Waals surface area contributed by atoms with Crippen molar-refractivity contribution in [2.24, 2.45) is 7.05 Å². The average Bonchev–Trinajstić information content (AvgIpc) is 2.72. The van der Waals surface area contributed by atoms with Crippen LogP contribution in [0.1, 0.15) is 43.1 Å². The number of aromatic nitrogens is 1. The van der Waals surface area contributed by atoms with E-state index < -0.39 is 0 Å². The van der Waals surface area contributed by atoms with Gasteiger partial charge < -0.3 is 19.9 Å². The monoisotopic (exact) mass is 399 g/mol. The summed E-state index contributed by atoms with van der Waals surface area (Å²) in [4.78, 5) is 36.3. The molecule has 0 aliphatic heterocycles. The minimum atomic E-state index is -0.250. The number of carbonyl (C=O) groups is 2. The molecule has 29 heavy (non-hydrogen) atoms. The molecule has 0 unspecified atom stereocenters. The Balaban J connectivity index is 2.03. The Bertz CT molecular complexity index is 891. The van der Waals surface area contributed by atoms with E-state index in [0.29, 0.717) is 12.2 Å². The van der Waals surface area contributed by atoms with E-state index in [9.17, 15) is 14.4 Å². The molecule has 1 heterocycles. The third kappa shape index (κ3) is 6.78. The van der Waals surface area contributed by atoms with Crippen molar-refractivity contribution in [1.29, 1.82) is 0 Å². The third-order valence-electron chi connectivity index (χ3n) is 4.59. The van der Waals surface area contributed by atoms with Crippen LogP contribution >= 0.6 is 0 Å². The molecule has 0 saturated heterocycles. The molecule has 0 aliphatic carbocycles. The lowest BCUT2D eigenvalue weighted by Crippen LogP contribution is -2.29. The van der Waals surface area contributed by atoms with Gasteiger partial charge in [0.25, 0.3) is 0 Å². The number of nitrogens with one attached hydrogen (secondary N) is 2. The summed E-state index contributed by atoms with van der Waals surface area (Å²) in [6, 6.07) is 11.1. The quantitative estimate of drug-likeness (QED) is 0.641. The number of nitrogens with zero attached hydrogens (tertiary/aromatic N) is 1. The molecular weight excluding hydrogens is 370 g/mol. The second kappa shape index (κ2) is 11.0. The first kappa shape index (κ1) is 22.2. The zero-order valence-electron chi connectivity index (χ0n) is 17.3. The molecule has 1 aromatic carbocycles. The second-order valence-electron chi connectivity index (χ2n) is 6.89. The van der Waals surface area contributed by atoms with Crippen molar-refractivity contribution in [1.82, 2.24) is 15.2 Å². The van der Waals surface area contributed by atoms with E-state index in [1.807, 2.05) is 55.8 Å². The summed E-state index contributed by atoms with van der Waals surface area (Å²) in [7, 11) is 1.82.